The van der Waals surface area contributed by atoms with E-state index < -0.39 is 54.7 Å². The molecule has 2 fully saturated rings. The standard InChI is InChI=1S/C31H36ClN5O7/c1-19-6-4-7-23(32)27(19)31(43)44-18-22(38)16-33-29(41)25-8-5-15-36-26(39)14-13-24(30(42)37(25)36)34-28(40)21-11-9-20(10-12-21)17-35(2)3/h4,6-7,9-12,24-25H,5,8,13-18H2,1-3H3,(H,33,41)(H,34,40)/t24-,25-/m0/s1. The van der Waals surface area contributed by atoms with E-state index in [0.717, 1.165) is 10.6 Å². The van der Waals surface area contributed by atoms with E-state index in [1.807, 2.05) is 31.1 Å². The van der Waals surface area contributed by atoms with Crippen LogP contribution in [0.1, 0.15) is 57.5 Å². The predicted molar refractivity (Wildman–Crippen MR) is 160 cm³/mol. The number of carbonyl (C=O) groups is 6. The van der Waals surface area contributed by atoms with Crippen LogP contribution in [0.5, 0.6) is 0 Å². The Morgan fingerprint density at radius 3 is 2.45 bits per heavy atom. The van der Waals surface area contributed by atoms with E-state index in [0.29, 0.717) is 24.1 Å². The number of nitrogens with one attached hydrogen (secondary N) is 2. The number of ether oxygens (including phenoxy) is 1. The van der Waals surface area contributed by atoms with Crippen molar-refractivity contribution in [3.05, 3.63) is 69.7 Å². The maximum absolute atomic E-state index is 13.7. The lowest BCUT2D eigenvalue weighted by molar-refractivity contribution is -0.176. The monoisotopic (exact) mass is 625 g/mol. The Labute approximate surface area is 260 Å². The van der Waals surface area contributed by atoms with Gasteiger partial charge in [0.2, 0.25) is 11.8 Å². The van der Waals surface area contributed by atoms with Gasteiger partial charge in [-0.05, 0) is 69.6 Å². The number of hydrogen-bond donors (Lipinski definition) is 2. The third-order valence-electron chi connectivity index (χ3n) is 7.43. The van der Waals surface area contributed by atoms with Crippen molar-refractivity contribution in [2.75, 3.05) is 33.8 Å². The van der Waals surface area contributed by atoms with Gasteiger partial charge in [-0.2, -0.15) is 0 Å². The molecular formula is C31H36ClN5O7. The van der Waals surface area contributed by atoms with Gasteiger partial charge in [0.05, 0.1) is 17.1 Å². The van der Waals surface area contributed by atoms with Gasteiger partial charge >= 0.3 is 5.97 Å². The maximum atomic E-state index is 13.7. The fourth-order valence-electron chi connectivity index (χ4n) is 5.24. The van der Waals surface area contributed by atoms with Crippen LogP contribution < -0.4 is 10.6 Å². The number of ketones is 1. The molecule has 234 valence electrons. The molecule has 2 N–H and O–H groups in total. The van der Waals surface area contributed by atoms with Crippen molar-refractivity contribution in [2.45, 2.75) is 51.2 Å². The minimum atomic E-state index is -1.07. The van der Waals surface area contributed by atoms with Crippen molar-refractivity contribution in [1.82, 2.24) is 25.6 Å². The first-order valence-corrected chi connectivity index (χ1v) is 14.7. The van der Waals surface area contributed by atoms with Gasteiger partial charge in [-0.25, -0.2) is 9.80 Å². The minimum Gasteiger partial charge on any atom is -0.454 e. The molecule has 0 saturated carbocycles. The number of aryl methyl sites for hydroxylation is 1. The SMILES string of the molecule is Cc1cccc(Cl)c1C(=O)OCC(=O)CNC(=O)[C@@H]1CCCN2C(=O)CC[C@H](NC(=O)c3ccc(CN(C)C)cc3)C(=O)N12. The van der Waals surface area contributed by atoms with E-state index >= 15 is 0 Å². The summed E-state index contributed by atoms with van der Waals surface area (Å²) in [5.74, 6) is -3.36. The number of Topliss-reactive ketones (excluding diaryl/α,β-unsaturated/α-hetero) is 1. The van der Waals surface area contributed by atoms with Gasteiger partial charge in [0.1, 0.15) is 12.1 Å². The molecule has 2 atom stereocenters. The number of benzene rings is 2. The summed E-state index contributed by atoms with van der Waals surface area (Å²) in [6, 6.07) is 9.83. The van der Waals surface area contributed by atoms with Gasteiger partial charge in [-0.15, -0.1) is 0 Å². The summed E-state index contributed by atoms with van der Waals surface area (Å²) in [4.78, 5) is 79.7. The number of nitrogens with zero attached hydrogens (tertiary/aromatic N) is 3. The van der Waals surface area contributed by atoms with Crippen LogP contribution in [-0.2, 0) is 30.5 Å². The molecule has 0 bridgehead atoms. The van der Waals surface area contributed by atoms with Gasteiger partial charge in [0, 0.05) is 25.1 Å². The number of fused-ring (bicyclic) bond motifs is 1. The summed E-state index contributed by atoms with van der Waals surface area (Å²) in [6.07, 6.45) is 0.813. The van der Waals surface area contributed by atoms with Crippen molar-refractivity contribution in [3.8, 4) is 0 Å². The van der Waals surface area contributed by atoms with E-state index in [-0.39, 0.29) is 42.3 Å². The van der Waals surface area contributed by atoms with E-state index in [1.165, 1.54) is 11.1 Å². The Bertz CT molecular complexity index is 1430. The molecule has 0 aromatic heterocycles. The second-order valence-electron chi connectivity index (χ2n) is 11.1. The van der Waals surface area contributed by atoms with Crippen LogP contribution in [0.2, 0.25) is 5.02 Å². The fourth-order valence-corrected chi connectivity index (χ4v) is 5.54. The molecule has 0 unspecified atom stereocenters. The van der Waals surface area contributed by atoms with Crippen LogP contribution in [0.3, 0.4) is 0 Å². The average molecular weight is 626 g/mol. The molecule has 2 aliphatic rings. The fraction of sp³-hybridized carbons (Fsp3) is 0.419. The number of hydrazine groups is 1. The van der Waals surface area contributed by atoms with Crippen molar-refractivity contribution >= 4 is 47.0 Å². The molecule has 0 spiro atoms. The van der Waals surface area contributed by atoms with Crippen molar-refractivity contribution in [2.24, 2.45) is 0 Å². The molecule has 13 heteroatoms. The van der Waals surface area contributed by atoms with Crippen molar-refractivity contribution in [3.63, 3.8) is 0 Å². The van der Waals surface area contributed by atoms with E-state index in [1.54, 1.807) is 31.2 Å². The van der Waals surface area contributed by atoms with Crippen LogP contribution in [0.25, 0.3) is 0 Å². The summed E-state index contributed by atoms with van der Waals surface area (Å²) in [6.45, 7) is 1.60. The highest BCUT2D eigenvalue weighted by Gasteiger charge is 2.44. The highest BCUT2D eigenvalue weighted by molar-refractivity contribution is 6.33. The summed E-state index contributed by atoms with van der Waals surface area (Å²) in [5, 5.41) is 7.80. The zero-order valence-corrected chi connectivity index (χ0v) is 25.7. The number of amides is 4. The molecule has 44 heavy (non-hydrogen) atoms. The first-order chi connectivity index (χ1) is 21.0. The summed E-state index contributed by atoms with van der Waals surface area (Å²) >= 11 is 6.08. The molecule has 0 aliphatic carbocycles. The molecule has 4 rings (SSSR count). The van der Waals surface area contributed by atoms with Crippen LogP contribution in [0, 0.1) is 6.92 Å². The Balaban J connectivity index is 1.37. The number of halogens is 1. The van der Waals surface area contributed by atoms with Gasteiger partial charge in [-0.1, -0.05) is 35.9 Å². The van der Waals surface area contributed by atoms with Crippen LogP contribution in [0.15, 0.2) is 42.5 Å². The number of hydrogen-bond acceptors (Lipinski definition) is 8. The first-order valence-electron chi connectivity index (χ1n) is 14.4. The minimum absolute atomic E-state index is 0.0120. The normalized spacial score (nSPS) is 18.4. The maximum Gasteiger partial charge on any atom is 0.340 e. The van der Waals surface area contributed by atoms with Crippen LogP contribution >= 0.6 is 11.6 Å². The lowest BCUT2D eigenvalue weighted by Gasteiger charge is -2.42. The molecule has 12 nitrogen and oxygen atoms in total. The molecular weight excluding hydrogens is 590 g/mol. The highest BCUT2D eigenvalue weighted by Crippen LogP contribution is 2.25. The first kappa shape index (κ1) is 32.6. The molecule has 2 aliphatic heterocycles. The molecule has 0 radical (unpaired) electrons. The smallest absolute Gasteiger partial charge is 0.340 e. The summed E-state index contributed by atoms with van der Waals surface area (Å²) in [7, 11) is 3.88. The zero-order chi connectivity index (χ0) is 32.0. The molecule has 4 amide bonds. The van der Waals surface area contributed by atoms with Gasteiger partial charge in [0.15, 0.2) is 12.4 Å². The largest absolute Gasteiger partial charge is 0.454 e. The van der Waals surface area contributed by atoms with Gasteiger partial charge in [-0.3, -0.25) is 29.0 Å². The zero-order valence-electron chi connectivity index (χ0n) is 24.9. The Morgan fingerprint density at radius 2 is 1.77 bits per heavy atom. The van der Waals surface area contributed by atoms with Gasteiger partial charge < -0.3 is 20.3 Å². The van der Waals surface area contributed by atoms with Crippen molar-refractivity contribution < 1.29 is 33.5 Å². The Hall–Kier alpha value is -4.29. The quantitative estimate of drug-likeness (QED) is 0.381. The number of rotatable bonds is 10. The number of carbonyl (C=O) groups excluding carboxylic acids is 6. The topological polar surface area (TPSA) is 145 Å². The van der Waals surface area contributed by atoms with E-state index in [9.17, 15) is 28.8 Å². The highest BCUT2D eigenvalue weighted by atomic mass is 35.5. The molecule has 2 saturated heterocycles. The molecule has 2 heterocycles. The van der Waals surface area contributed by atoms with E-state index in [2.05, 4.69) is 10.6 Å². The summed E-state index contributed by atoms with van der Waals surface area (Å²) in [5.41, 5.74) is 2.13. The Morgan fingerprint density at radius 1 is 1.05 bits per heavy atom. The average Bonchev–Trinajstić information content (AvgIpc) is 3.10. The Kier molecular flexibility index (Phi) is 10.7. The third-order valence-corrected chi connectivity index (χ3v) is 7.75. The summed E-state index contributed by atoms with van der Waals surface area (Å²) < 4.78 is 5.09. The van der Waals surface area contributed by atoms with E-state index in [4.69, 9.17) is 16.3 Å². The van der Waals surface area contributed by atoms with Crippen LogP contribution in [0.4, 0.5) is 0 Å². The van der Waals surface area contributed by atoms with Crippen LogP contribution in [-0.4, -0.2) is 96.2 Å². The lowest BCUT2D eigenvalue weighted by Crippen LogP contribution is -2.63. The second kappa shape index (κ2) is 14.5. The molecule has 2 aromatic carbocycles. The van der Waals surface area contributed by atoms with Gasteiger partial charge in [0.25, 0.3) is 11.8 Å². The molecule has 2 aromatic rings. The number of esters is 1. The second-order valence-corrected chi connectivity index (χ2v) is 11.5. The lowest BCUT2D eigenvalue weighted by atomic mass is 10.1. The van der Waals surface area contributed by atoms with Crippen molar-refractivity contribution in [1.29, 1.82) is 0 Å². The predicted octanol–water partition coefficient (Wildman–Crippen LogP) is 1.88. The third kappa shape index (κ3) is 7.80.